The molecule has 3 aromatic rings. The van der Waals surface area contributed by atoms with Crippen LogP contribution in [0, 0.1) is 0 Å². The summed E-state index contributed by atoms with van der Waals surface area (Å²) >= 11 is 0. The van der Waals surface area contributed by atoms with Gasteiger partial charge in [0.15, 0.2) is 0 Å². The summed E-state index contributed by atoms with van der Waals surface area (Å²) in [6.45, 7) is 0.538. The Morgan fingerprint density at radius 2 is 1.96 bits per heavy atom. The third kappa shape index (κ3) is 3.21. The zero-order chi connectivity index (χ0) is 17.9. The van der Waals surface area contributed by atoms with Crippen molar-refractivity contribution in [2.24, 2.45) is 0 Å². The molecule has 130 valence electrons. The molecule has 0 fully saturated rings. The molecule has 6 heteroatoms. The molecule has 0 bridgehead atoms. The van der Waals surface area contributed by atoms with Gasteiger partial charge in [-0.1, -0.05) is 35.5 Å². The lowest BCUT2D eigenvalue weighted by Gasteiger charge is -2.30. The Labute approximate surface area is 150 Å². The third-order valence-electron chi connectivity index (χ3n) is 4.38. The van der Waals surface area contributed by atoms with Crippen LogP contribution in [0.25, 0.3) is 0 Å². The van der Waals surface area contributed by atoms with Gasteiger partial charge in [0.25, 0.3) is 5.91 Å². The summed E-state index contributed by atoms with van der Waals surface area (Å²) in [6, 6.07) is 17.0. The van der Waals surface area contributed by atoms with Crippen molar-refractivity contribution in [2.75, 3.05) is 10.2 Å². The van der Waals surface area contributed by atoms with Crippen LogP contribution in [0.4, 0.5) is 11.4 Å². The van der Waals surface area contributed by atoms with Crippen molar-refractivity contribution in [3.05, 3.63) is 77.7 Å². The summed E-state index contributed by atoms with van der Waals surface area (Å²) in [6.07, 6.45) is 2.54. The standard InChI is InChI=1S/C20H17N3O3/c24-19-9-6-15-12-16(22-20(25)18-10-11-21-26-18)7-8-17(15)23(19)13-14-4-2-1-3-5-14/h1-5,7-8,10-12H,6,9,13H2,(H,22,25). The maximum atomic E-state index is 12.4. The highest BCUT2D eigenvalue weighted by molar-refractivity contribution is 6.03. The number of carbonyl (C=O) groups is 2. The fourth-order valence-corrected chi connectivity index (χ4v) is 3.10. The molecule has 0 saturated carbocycles. The van der Waals surface area contributed by atoms with Crippen LogP contribution < -0.4 is 10.2 Å². The van der Waals surface area contributed by atoms with E-state index in [1.165, 1.54) is 12.3 Å². The topological polar surface area (TPSA) is 75.4 Å². The van der Waals surface area contributed by atoms with E-state index in [-0.39, 0.29) is 17.6 Å². The van der Waals surface area contributed by atoms with Gasteiger partial charge in [0.2, 0.25) is 11.7 Å². The first-order valence-corrected chi connectivity index (χ1v) is 8.40. The highest BCUT2D eigenvalue weighted by Gasteiger charge is 2.24. The maximum absolute atomic E-state index is 12.4. The predicted octanol–water partition coefficient (Wildman–Crippen LogP) is 3.41. The summed E-state index contributed by atoms with van der Waals surface area (Å²) in [5.41, 5.74) is 3.68. The normalized spacial score (nSPS) is 13.4. The van der Waals surface area contributed by atoms with E-state index >= 15 is 0 Å². The average Bonchev–Trinajstić information content (AvgIpc) is 3.20. The van der Waals surface area contributed by atoms with Crippen molar-refractivity contribution in [3.8, 4) is 0 Å². The van der Waals surface area contributed by atoms with E-state index in [1.54, 1.807) is 11.0 Å². The number of benzene rings is 2. The molecule has 0 radical (unpaired) electrons. The van der Waals surface area contributed by atoms with Crippen LogP contribution in [-0.4, -0.2) is 17.0 Å². The Bertz CT molecular complexity index is 936. The molecule has 2 amide bonds. The highest BCUT2D eigenvalue weighted by atomic mass is 16.5. The van der Waals surface area contributed by atoms with Crippen molar-refractivity contribution < 1.29 is 14.1 Å². The maximum Gasteiger partial charge on any atom is 0.294 e. The minimum Gasteiger partial charge on any atom is -0.351 e. The van der Waals surface area contributed by atoms with E-state index in [2.05, 4.69) is 10.5 Å². The fraction of sp³-hybridized carbons (Fsp3) is 0.150. The van der Waals surface area contributed by atoms with Gasteiger partial charge < -0.3 is 14.7 Å². The fourth-order valence-electron chi connectivity index (χ4n) is 3.10. The molecule has 6 nitrogen and oxygen atoms in total. The first-order valence-electron chi connectivity index (χ1n) is 8.40. The number of rotatable bonds is 4. The number of nitrogens with one attached hydrogen (secondary N) is 1. The molecule has 26 heavy (non-hydrogen) atoms. The van der Waals surface area contributed by atoms with Gasteiger partial charge in [0.05, 0.1) is 12.7 Å². The number of hydrogen-bond donors (Lipinski definition) is 1. The van der Waals surface area contributed by atoms with Gasteiger partial charge in [-0.2, -0.15) is 0 Å². The lowest BCUT2D eigenvalue weighted by atomic mass is 9.99. The third-order valence-corrected chi connectivity index (χ3v) is 4.38. The summed E-state index contributed by atoms with van der Waals surface area (Å²) < 4.78 is 4.86. The van der Waals surface area contributed by atoms with E-state index in [0.29, 0.717) is 25.1 Å². The van der Waals surface area contributed by atoms with Gasteiger partial charge in [0, 0.05) is 23.9 Å². The van der Waals surface area contributed by atoms with Crippen LogP contribution in [0.1, 0.15) is 28.1 Å². The minimum absolute atomic E-state index is 0.111. The van der Waals surface area contributed by atoms with Crippen molar-refractivity contribution in [1.29, 1.82) is 0 Å². The Hall–Kier alpha value is -3.41. The van der Waals surface area contributed by atoms with Gasteiger partial charge in [0.1, 0.15) is 0 Å². The van der Waals surface area contributed by atoms with Crippen LogP contribution in [0.3, 0.4) is 0 Å². The van der Waals surface area contributed by atoms with Crippen molar-refractivity contribution in [2.45, 2.75) is 19.4 Å². The molecular formula is C20H17N3O3. The quantitative estimate of drug-likeness (QED) is 0.785. The average molecular weight is 347 g/mol. The second kappa shape index (κ2) is 6.84. The van der Waals surface area contributed by atoms with Gasteiger partial charge >= 0.3 is 0 Å². The second-order valence-electron chi connectivity index (χ2n) is 6.14. The molecular weight excluding hydrogens is 330 g/mol. The molecule has 1 aliphatic rings. The summed E-state index contributed by atoms with van der Waals surface area (Å²) in [7, 11) is 0. The molecule has 0 saturated heterocycles. The van der Waals surface area contributed by atoms with Crippen LogP contribution in [-0.2, 0) is 17.8 Å². The van der Waals surface area contributed by atoms with Crippen LogP contribution in [0.15, 0.2) is 65.3 Å². The minimum atomic E-state index is -0.351. The van der Waals surface area contributed by atoms with Crippen molar-refractivity contribution in [3.63, 3.8) is 0 Å². The molecule has 0 spiro atoms. The zero-order valence-corrected chi connectivity index (χ0v) is 14.0. The Kier molecular flexibility index (Phi) is 4.23. The van der Waals surface area contributed by atoms with Gasteiger partial charge in [-0.3, -0.25) is 9.59 Å². The van der Waals surface area contributed by atoms with E-state index in [0.717, 1.165) is 16.8 Å². The molecule has 0 atom stereocenters. The Balaban J connectivity index is 1.57. The van der Waals surface area contributed by atoms with Gasteiger partial charge in [-0.05, 0) is 35.7 Å². The highest BCUT2D eigenvalue weighted by Crippen LogP contribution is 2.31. The van der Waals surface area contributed by atoms with E-state index in [1.807, 2.05) is 42.5 Å². The van der Waals surface area contributed by atoms with Crippen molar-refractivity contribution in [1.82, 2.24) is 5.16 Å². The number of anilines is 2. The summed E-state index contributed by atoms with van der Waals surface area (Å²) in [4.78, 5) is 26.3. The monoisotopic (exact) mass is 347 g/mol. The number of aromatic nitrogens is 1. The second-order valence-corrected chi connectivity index (χ2v) is 6.14. The number of fused-ring (bicyclic) bond motifs is 1. The number of nitrogens with zero attached hydrogens (tertiary/aromatic N) is 2. The predicted molar refractivity (Wildman–Crippen MR) is 96.9 cm³/mol. The first kappa shape index (κ1) is 16.1. The van der Waals surface area contributed by atoms with Crippen LogP contribution >= 0.6 is 0 Å². The van der Waals surface area contributed by atoms with Crippen LogP contribution in [0.2, 0.25) is 0 Å². The largest absolute Gasteiger partial charge is 0.351 e. The van der Waals surface area contributed by atoms with E-state index in [9.17, 15) is 9.59 Å². The van der Waals surface area contributed by atoms with Gasteiger partial charge in [-0.25, -0.2) is 0 Å². The Morgan fingerprint density at radius 1 is 1.12 bits per heavy atom. The molecule has 2 aromatic carbocycles. The summed E-state index contributed by atoms with van der Waals surface area (Å²) in [5, 5.41) is 6.33. The molecule has 1 aromatic heterocycles. The number of hydrogen-bond acceptors (Lipinski definition) is 4. The molecule has 2 heterocycles. The SMILES string of the molecule is O=C(Nc1ccc2c(c1)CCC(=O)N2Cc1ccccc1)c1ccno1. The molecule has 1 aliphatic heterocycles. The molecule has 0 unspecified atom stereocenters. The zero-order valence-electron chi connectivity index (χ0n) is 14.0. The Morgan fingerprint density at radius 3 is 2.73 bits per heavy atom. The summed E-state index contributed by atoms with van der Waals surface area (Å²) in [5.74, 6) is -0.0844. The van der Waals surface area contributed by atoms with Crippen molar-refractivity contribution >= 4 is 23.2 Å². The molecule has 0 aliphatic carbocycles. The molecule has 1 N–H and O–H groups in total. The smallest absolute Gasteiger partial charge is 0.294 e. The molecule has 4 rings (SSSR count). The van der Waals surface area contributed by atoms with E-state index in [4.69, 9.17) is 4.52 Å². The van der Waals surface area contributed by atoms with Gasteiger partial charge in [-0.15, -0.1) is 0 Å². The number of carbonyl (C=O) groups excluding carboxylic acids is 2. The lowest BCUT2D eigenvalue weighted by Crippen LogP contribution is -2.34. The van der Waals surface area contributed by atoms with E-state index < -0.39 is 0 Å². The lowest BCUT2D eigenvalue weighted by molar-refractivity contribution is -0.119. The number of amides is 2. The number of aryl methyl sites for hydroxylation is 1. The first-order chi connectivity index (χ1) is 12.7. The van der Waals surface area contributed by atoms with Crippen LogP contribution in [0.5, 0.6) is 0 Å².